The highest BCUT2D eigenvalue weighted by Crippen LogP contribution is 2.09. The molecule has 1 rings (SSSR count). The predicted molar refractivity (Wildman–Crippen MR) is 72.5 cm³/mol. The standard InChI is InChI=1S/C14H22N2O2/c1-16(11-6-10-15)14(17)9-5-12-18-13-7-3-2-4-8-13/h2-4,7-8H,5-6,9-12,15H2,1H3. The Morgan fingerprint density at radius 3 is 2.67 bits per heavy atom. The number of amides is 1. The summed E-state index contributed by atoms with van der Waals surface area (Å²) in [6, 6.07) is 9.63. The van der Waals surface area contributed by atoms with E-state index in [0.717, 1.165) is 25.1 Å². The highest BCUT2D eigenvalue weighted by molar-refractivity contribution is 5.75. The van der Waals surface area contributed by atoms with Crippen LogP contribution in [0, 0.1) is 0 Å². The predicted octanol–water partition coefficient (Wildman–Crippen LogP) is 1.65. The molecule has 18 heavy (non-hydrogen) atoms. The molecule has 1 aromatic carbocycles. The first-order chi connectivity index (χ1) is 8.74. The number of para-hydroxylation sites is 1. The van der Waals surface area contributed by atoms with Crippen molar-refractivity contribution < 1.29 is 9.53 Å². The van der Waals surface area contributed by atoms with Gasteiger partial charge in [0.25, 0.3) is 0 Å². The Balaban J connectivity index is 2.12. The Morgan fingerprint density at radius 2 is 2.00 bits per heavy atom. The fraction of sp³-hybridized carbons (Fsp3) is 0.500. The van der Waals surface area contributed by atoms with Crippen molar-refractivity contribution in [3.05, 3.63) is 30.3 Å². The van der Waals surface area contributed by atoms with Gasteiger partial charge in [-0.3, -0.25) is 4.79 Å². The first kappa shape index (κ1) is 14.5. The highest BCUT2D eigenvalue weighted by Gasteiger charge is 2.07. The van der Waals surface area contributed by atoms with Crippen LogP contribution in [0.1, 0.15) is 19.3 Å². The van der Waals surface area contributed by atoms with Gasteiger partial charge in [0.1, 0.15) is 5.75 Å². The highest BCUT2D eigenvalue weighted by atomic mass is 16.5. The van der Waals surface area contributed by atoms with Crippen LogP contribution < -0.4 is 10.5 Å². The lowest BCUT2D eigenvalue weighted by Crippen LogP contribution is -2.29. The molecule has 0 bridgehead atoms. The molecule has 0 spiro atoms. The van der Waals surface area contributed by atoms with Crippen molar-refractivity contribution in [2.24, 2.45) is 5.73 Å². The molecule has 0 saturated carbocycles. The van der Waals surface area contributed by atoms with Gasteiger partial charge in [-0.1, -0.05) is 18.2 Å². The third-order valence-corrected chi connectivity index (χ3v) is 2.67. The van der Waals surface area contributed by atoms with Crippen LogP contribution in [-0.2, 0) is 4.79 Å². The molecule has 0 atom stereocenters. The Labute approximate surface area is 109 Å². The lowest BCUT2D eigenvalue weighted by atomic mass is 10.3. The second-order valence-corrected chi connectivity index (χ2v) is 4.22. The molecule has 0 aliphatic carbocycles. The summed E-state index contributed by atoms with van der Waals surface area (Å²) in [5, 5.41) is 0. The van der Waals surface area contributed by atoms with E-state index in [4.69, 9.17) is 10.5 Å². The topological polar surface area (TPSA) is 55.6 Å². The van der Waals surface area contributed by atoms with Crippen molar-refractivity contribution in [3.63, 3.8) is 0 Å². The van der Waals surface area contributed by atoms with E-state index in [2.05, 4.69) is 0 Å². The van der Waals surface area contributed by atoms with Crippen LogP contribution in [-0.4, -0.2) is 37.6 Å². The maximum Gasteiger partial charge on any atom is 0.222 e. The average Bonchev–Trinajstić information content (AvgIpc) is 2.41. The molecule has 4 nitrogen and oxygen atoms in total. The first-order valence-electron chi connectivity index (χ1n) is 6.36. The minimum absolute atomic E-state index is 0.153. The van der Waals surface area contributed by atoms with Gasteiger partial charge >= 0.3 is 0 Å². The molecule has 1 aromatic rings. The van der Waals surface area contributed by atoms with Crippen molar-refractivity contribution >= 4 is 5.91 Å². The van der Waals surface area contributed by atoms with Crippen molar-refractivity contribution in [3.8, 4) is 5.75 Å². The molecular formula is C14H22N2O2. The van der Waals surface area contributed by atoms with E-state index in [-0.39, 0.29) is 5.91 Å². The number of ether oxygens (including phenoxy) is 1. The van der Waals surface area contributed by atoms with E-state index in [0.29, 0.717) is 19.6 Å². The number of hydrogen-bond acceptors (Lipinski definition) is 3. The zero-order chi connectivity index (χ0) is 13.2. The molecule has 0 aromatic heterocycles. The van der Waals surface area contributed by atoms with Gasteiger partial charge in [-0.25, -0.2) is 0 Å². The third kappa shape index (κ3) is 5.68. The Hall–Kier alpha value is -1.55. The van der Waals surface area contributed by atoms with E-state index in [1.54, 1.807) is 4.90 Å². The zero-order valence-corrected chi connectivity index (χ0v) is 11.0. The number of hydrogen-bond donors (Lipinski definition) is 1. The van der Waals surface area contributed by atoms with Gasteiger partial charge in [-0.15, -0.1) is 0 Å². The summed E-state index contributed by atoms with van der Waals surface area (Å²) in [4.78, 5) is 13.4. The molecule has 0 heterocycles. The summed E-state index contributed by atoms with van der Waals surface area (Å²) in [5.41, 5.74) is 5.41. The molecule has 0 fully saturated rings. The summed E-state index contributed by atoms with van der Waals surface area (Å²) >= 11 is 0. The van der Waals surface area contributed by atoms with Crippen LogP contribution in [0.2, 0.25) is 0 Å². The number of carbonyl (C=O) groups is 1. The SMILES string of the molecule is CN(CCCN)C(=O)CCCOc1ccccc1. The lowest BCUT2D eigenvalue weighted by molar-refractivity contribution is -0.130. The largest absolute Gasteiger partial charge is 0.494 e. The van der Waals surface area contributed by atoms with E-state index in [9.17, 15) is 4.79 Å². The van der Waals surface area contributed by atoms with Crippen molar-refractivity contribution in [2.45, 2.75) is 19.3 Å². The van der Waals surface area contributed by atoms with Crippen LogP contribution >= 0.6 is 0 Å². The van der Waals surface area contributed by atoms with Gasteiger partial charge in [0.05, 0.1) is 6.61 Å². The third-order valence-electron chi connectivity index (χ3n) is 2.67. The van der Waals surface area contributed by atoms with Gasteiger partial charge in [0.2, 0.25) is 5.91 Å². The fourth-order valence-electron chi connectivity index (χ4n) is 1.57. The molecule has 0 unspecified atom stereocenters. The molecule has 0 saturated heterocycles. The number of nitrogens with two attached hydrogens (primary N) is 1. The number of carbonyl (C=O) groups excluding carboxylic acids is 1. The molecule has 100 valence electrons. The Morgan fingerprint density at radius 1 is 1.28 bits per heavy atom. The summed E-state index contributed by atoms with van der Waals surface area (Å²) in [5.74, 6) is 1.00. The summed E-state index contributed by atoms with van der Waals surface area (Å²) in [7, 11) is 1.82. The van der Waals surface area contributed by atoms with Gasteiger partial charge in [-0.05, 0) is 31.5 Å². The minimum atomic E-state index is 0.153. The number of rotatable bonds is 8. The maximum atomic E-state index is 11.7. The van der Waals surface area contributed by atoms with Crippen LogP contribution in [0.25, 0.3) is 0 Å². The van der Waals surface area contributed by atoms with Crippen molar-refractivity contribution in [1.82, 2.24) is 4.90 Å². The number of nitrogens with zero attached hydrogens (tertiary/aromatic N) is 1. The average molecular weight is 250 g/mol. The molecule has 1 amide bonds. The molecule has 0 aliphatic heterocycles. The molecule has 0 aliphatic rings. The van der Waals surface area contributed by atoms with Crippen molar-refractivity contribution in [2.75, 3.05) is 26.7 Å². The quantitative estimate of drug-likeness (QED) is 0.714. The second kappa shape index (κ2) is 8.53. The summed E-state index contributed by atoms with van der Waals surface area (Å²) in [6.07, 6.45) is 2.11. The normalized spacial score (nSPS) is 10.1. The van der Waals surface area contributed by atoms with Gasteiger partial charge < -0.3 is 15.4 Å². The smallest absolute Gasteiger partial charge is 0.222 e. The maximum absolute atomic E-state index is 11.7. The molecule has 4 heteroatoms. The van der Waals surface area contributed by atoms with Crippen LogP contribution in [0.15, 0.2) is 30.3 Å². The molecule has 2 N–H and O–H groups in total. The van der Waals surface area contributed by atoms with E-state index in [1.807, 2.05) is 37.4 Å². The van der Waals surface area contributed by atoms with Crippen molar-refractivity contribution in [1.29, 1.82) is 0 Å². The Bertz CT molecular complexity index is 341. The molecular weight excluding hydrogens is 228 g/mol. The lowest BCUT2D eigenvalue weighted by Gasteiger charge is -2.16. The van der Waals surface area contributed by atoms with Gasteiger partial charge in [0.15, 0.2) is 0 Å². The summed E-state index contributed by atoms with van der Waals surface area (Å²) in [6.45, 7) is 1.92. The second-order valence-electron chi connectivity index (χ2n) is 4.22. The van der Waals surface area contributed by atoms with E-state index < -0.39 is 0 Å². The van der Waals surface area contributed by atoms with Crippen LogP contribution in [0.5, 0.6) is 5.75 Å². The van der Waals surface area contributed by atoms with Crippen LogP contribution in [0.3, 0.4) is 0 Å². The zero-order valence-electron chi connectivity index (χ0n) is 11.0. The van der Waals surface area contributed by atoms with Crippen LogP contribution in [0.4, 0.5) is 0 Å². The first-order valence-corrected chi connectivity index (χ1v) is 6.36. The van der Waals surface area contributed by atoms with Gasteiger partial charge in [0, 0.05) is 20.0 Å². The molecule has 0 radical (unpaired) electrons. The monoisotopic (exact) mass is 250 g/mol. The van der Waals surface area contributed by atoms with Gasteiger partial charge in [-0.2, -0.15) is 0 Å². The Kier molecular flexibility index (Phi) is 6.87. The minimum Gasteiger partial charge on any atom is -0.494 e. The van der Waals surface area contributed by atoms with E-state index >= 15 is 0 Å². The number of benzene rings is 1. The summed E-state index contributed by atoms with van der Waals surface area (Å²) < 4.78 is 5.53. The van der Waals surface area contributed by atoms with E-state index in [1.165, 1.54) is 0 Å². The fourth-order valence-corrected chi connectivity index (χ4v) is 1.57.